The lowest BCUT2D eigenvalue weighted by Crippen LogP contribution is -2.44. The van der Waals surface area contributed by atoms with Gasteiger partial charge in [0.1, 0.15) is 21.1 Å². The monoisotopic (exact) mass is 464 g/mol. The number of nitrogens with one attached hydrogen (secondary N) is 1. The minimum Gasteiger partial charge on any atom is -0.465 e. The topological polar surface area (TPSA) is 88.9 Å². The highest BCUT2D eigenvalue weighted by Gasteiger charge is 2.38. The molecule has 1 atom stereocenters. The third-order valence-corrected chi connectivity index (χ3v) is 6.96. The van der Waals surface area contributed by atoms with Gasteiger partial charge in [0.15, 0.2) is 0 Å². The summed E-state index contributed by atoms with van der Waals surface area (Å²) < 4.78 is 10.6. The van der Waals surface area contributed by atoms with Crippen LogP contribution in [-0.2, 0) is 14.3 Å². The van der Waals surface area contributed by atoms with Gasteiger partial charge in [0.05, 0.1) is 23.3 Å². The molecule has 2 amide bonds. The first-order valence-corrected chi connectivity index (χ1v) is 11.2. The third-order valence-electron chi connectivity index (χ3n) is 4.51. The number of hydrogen-bond donors (Lipinski definition) is 1. The van der Waals surface area contributed by atoms with E-state index in [4.69, 9.17) is 21.4 Å². The summed E-state index contributed by atoms with van der Waals surface area (Å²) in [6.45, 7) is 7.21. The number of rotatable bonds is 6. The number of esters is 1. The number of anilines is 1. The molecule has 1 fully saturated rings. The first-order chi connectivity index (χ1) is 14.2. The summed E-state index contributed by atoms with van der Waals surface area (Å²) in [5.74, 6) is -0.781. The highest BCUT2D eigenvalue weighted by molar-refractivity contribution is 8.26. The predicted octanol–water partition coefficient (Wildman–Crippen LogP) is 4.36. The number of amides is 2. The van der Waals surface area contributed by atoms with E-state index in [2.05, 4.69) is 5.32 Å². The molecule has 3 rings (SSSR count). The van der Waals surface area contributed by atoms with E-state index in [1.807, 2.05) is 6.92 Å². The van der Waals surface area contributed by atoms with Gasteiger partial charge in [-0.2, -0.15) is 0 Å². The zero-order valence-electron chi connectivity index (χ0n) is 16.8. The molecule has 0 bridgehead atoms. The molecule has 3 heterocycles. The Bertz CT molecular complexity index is 1040. The average molecular weight is 465 g/mol. The van der Waals surface area contributed by atoms with Gasteiger partial charge < -0.3 is 14.5 Å². The first kappa shape index (κ1) is 22.3. The molecule has 7 nitrogen and oxygen atoms in total. The Labute approximate surface area is 187 Å². The molecule has 1 N–H and O–H groups in total. The highest BCUT2D eigenvalue weighted by Crippen LogP contribution is 2.36. The van der Waals surface area contributed by atoms with Crippen LogP contribution in [-0.4, -0.2) is 39.7 Å². The molecule has 1 aliphatic rings. The van der Waals surface area contributed by atoms with Crippen molar-refractivity contribution in [3.8, 4) is 0 Å². The van der Waals surface area contributed by atoms with Crippen LogP contribution >= 0.6 is 35.3 Å². The van der Waals surface area contributed by atoms with Crippen LogP contribution in [0.2, 0.25) is 0 Å². The van der Waals surface area contributed by atoms with E-state index in [0.29, 0.717) is 21.2 Å². The Morgan fingerprint density at radius 1 is 1.40 bits per heavy atom. The van der Waals surface area contributed by atoms with Gasteiger partial charge in [-0.15, -0.1) is 11.3 Å². The van der Waals surface area contributed by atoms with Crippen molar-refractivity contribution in [1.29, 1.82) is 0 Å². The smallest absolute Gasteiger partial charge is 0.341 e. The van der Waals surface area contributed by atoms with E-state index in [-0.39, 0.29) is 16.8 Å². The molecule has 0 aliphatic carbocycles. The van der Waals surface area contributed by atoms with Crippen molar-refractivity contribution in [2.24, 2.45) is 0 Å². The first-order valence-electron chi connectivity index (χ1n) is 9.13. The number of nitrogens with zero attached hydrogens (tertiary/aromatic N) is 1. The second-order valence-electron chi connectivity index (χ2n) is 6.44. The zero-order chi connectivity index (χ0) is 22.0. The fourth-order valence-electron chi connectivity index (χ4n) is 2.81. The van der Waals surface area contributed by atoms with Gasteiger partial charge in [-0.25, -0.2) is 4.79 Å². The summed E-state index contributed by atoms with van der Waals surface area (Å²) in [5, 5.41) is 3.17. The fraction of sp³-hybridized carbons (Fsp3) is 0.300. The Kier molecular flexibility index (Phi) is 6.79. The molecule has 158 valence electrons. The Hall–Kier alpha value is -2.43. The van der Waals surface area contributed by atoms with Gasteiger partial charge >= 0.3 is 5.97 Å². The van der Waals surface area contributed by atoms with Crippen LogP contribution in [0.3, 0.4) is 0 Å². The maximum absolute atomic E-state index is 12.9. The lowest BCUT2D eigenvalue weighted by atomic mass is 10.1. The molecule has 0 spiro atoms. The van der Waals surface area contributed by atoms with E-state index < -0.39 is 17.9 Å². The molecule has 1 aliphatic heterocycles. The number of thioether (sulfide) groups is 1. The van der Waals surface area contributed by atoms with Crippen LogP contribution in [0.15, 0.2) is 27.7 Å². The lowest BCUT2D eigenvalue weighted by molar-refractivity contribution is -0.129. The van der Waals surface area contributed by atoms with Crippen LogP contribution in [0.5, 0.6) is 0 Å². The van der Waals surface area contributed by atoms with Crippen molar-refractivity contribution in [3.63, 3.8) is 0 Å². The lowest BCUT2D eigenvalue weighted by Gasteiger charge is -2.22. The summed E-state index contributed by atoms with van der Waals surface area (Å²) in [7, 11) is 0. The second kappa shape index (κ2) is 9.15. The number of carbonyl (C=O) groups excluding carboxylic acids is 3. The molecule has 30 heavy (non-hydrogen) atoms. The molecule has 0 radical (unpaired) electrons. The summed E-state index contributed by atoms with van der Waals surface area (Å²) >= 11 is 7.72. The molecule has 0 saturated carbocycles. The van der Waals surface area contributed by atoms with Gasteiger partial charge in [-0.1, -0.05) is 24.0 Å². The van der Waals surface area contributed by atoms with E-state index in [9.17, 15) is 14.4 Å². The van der Waals surface area contributed by atoms with Crippen molar-refractivity contribution in [1.82, 2.24) is 4.90 Å². The van der Waals surface area contributed by atoms with Gasteiger partial charge in [0.2, 0.25) is 5.91 Å². The standard InChI is InChI=1S/C20H20N2O5S3/c1-5-26-19(25)15-10(2)12(4)29-17(15)21-16(23)11(3)22-18(24)14(30-20(22)28)9-13-7-6-8-27-13/h6-9,11H,5H2,1-4H3,(H,21,23)/b14-9+/t11-/m1/s1. The van der Waals surface area contributed by atoms with E-state index in [1.54, 1.807) is 39.0 Å². The molecule has 0 unspecified atom stereocenters. The minimum absolute atomic E-state index is 0.232. The van der Waals surface area contributed by atoms with Crippen LogP contribution in [0.25, 0.3) is 6.08 Å². The van der Waals surface area contributed by atoms with Gasteiger partial charge in [-0.05, 0) is 45.4 Å². The maximum Gasteiger partial charge on any atom is 0.341 e. The number of hydrogen-bond acceptors (Lipinski definition) is 8. The van der Waals surface area contributed by atoms with Crippen molar-refractivity contribution in [3.05, 3.63) is 45.1 Å². The minimum atomic E-state index is -0.863. The highest BCUT2D eigenvalue weighted by atomic mass is 32.2. The van der Waals surface area contributed by atoms with Crippen LogP contribution in [0.4, 0.5) is 5.00 Å². The fourth-order valence-corrected chi connectivity index (χ4v) is 5.26. The van der Waals surface area contributed by atoms with Gasteiger partial charge in [-0.3, -0.25) is 14.5 Å². The van der Waals surface area contributed by atoms with Crippen LogP contribution in [0, 0.1) is 13.8 Å². The van der Waals surface area contributed by atoms with E-state index in [0.717, 1.165) is 22.2 Å². The number of thiocarbonyl (C=S) groups is 1. The molecule has 1 saturated heterocycles. The number of thiophene rings is 1. The van der Waals surface area contributed by atoms with Crippen molar-refractivity contribution >= 4 is 68.5 Å². The predicted molar refractivity (Wildman–Crippen MR) is 122 cm³/mol. The number of furan rings is 1. The average Bonchev–Trinajstić information content (AvgIpc) is 3.36. The molecule has 10 heteroatoms. The Morgan fingerprint density at radius 2 is 2.13 bits per heavy atom. The molecule has 2 aromatic rings. The van der Waals surface area contributed by atoms with Crippen molar-refractivity contribution < 1.29 is 23.5 Å². The molecule has 0 aromatic carbocycles. The molecule has 2 aromatic heterocycles. The molecular weight excluding hydrogens is 444 g/mol. The van der Waals surface area contributed by atoms with Crippen LogP contribution < -0.4 is 5.32 Å². The van der Waals surface area contributed by atoms with E-state index in [1.165, 1.54) is 22.5 Å². The summed E-state index contributed by atoms with van der Waals surface area (Å²) in [6, 6.07) is 2.58. The number of ether oxygens (including phenoxy) is 1. The molecular formula is C20H20N2O5S3. The summed E-state index contributed by atoms with van der Waals surface area (Å²) in [4.78, 5) is 40.6. The zero-order valence-corrected chi connectivity index (χ0v) is 19.3. The summed E-state index contributed by atoms with van der Waals surface area (Å²) in [5.41, 5.74) is 1.09. The maximum atomic E-state index is 12.9. The Balaban J connectivity index is 1.80. The SMILES string of the molecule is CCOC(=O)c1c(NC(=O)[C@@H](C)N2C(=O)/C(=C\c3ccco3)SC2=S)sc(C)c1C. The van der Waals surface area contributed by atoms with Gasteiger partial charge in [0.25, 0.3) is 5.91 Å². The van der Waals surface area contributed by atoms with Crippen molar-refractivity contribution in [2.45, 2.75) is 33.7 Å². The Morgan fingerprint density at radius 3 is 2.77 bits per heavy atom. The number of carbonyl (C=O) groups is 3. The number of aryl methyl sites for hydroxylation is 1. The quantitative estimate of drug-likeness (QED) is 0.386. The summed E-state index contributed by atoms with van der Waals surface area (Å²) in [6.07, 6.45) is 3.10. The van der Waals surface area contributed by atoms with Crippen molar-refractivity contribution in [2.75, 3.05) is 11.9 Å². The van der Waals surface area contributed by atoms with Gasteiger partial charge in [0, 0.05) is 11.0 Å². The largest absolute Gasteiger partial charge is 0.465 e. The third kappa shape index (κ3) is 4.35. The second-order valence-corrected chi connectivity index (χ2v) is 9.34. The van der Waals surface area contributed by atoms with Crippen LogP contribution in [0.1, 0.15) is 40.4 Å². The normalized spacial score (nSPS) is 16.3. The van der Waals surface area contributed by atoms with E-state index >= 15 is 0 Å².